The topological polar surface area (TPSA) is 71.3 Å². The number of amides is 1. The lowest BCUT2D eigenvalue weighted by Gasteiger charge is -2.32. The molecule has 0 bridgehead atoms. The molecule has 32 heavy (non-hydrogen) atoms. The van der Waals surface area contributed by atoms with Crippen molar-refractivity contribution in [3.8, 4) is 11.5 Å². The lowest BCUT2D eigenvalue weighted by Crippen LogP contribution is -2.35. The number of carbonyl (C=O) groups excluding carboxylic acids is 1. The van der Waals surface area contributed by atoms with Crippen molar-refractivity contribution in [2.24, 2.45) is 5.92 Å². The molecule has 0 saturated carbocycles. The molecule has 1 aliphatic heterocycles. The summed E-state index contributed by atoms with van der Waals surface area (Å²) >= 11 is 1.66. The number of thioether (sulfide) groups is 1. The van der Waals surface area contributed by atoms with Crippen LogP contribution in [0.3, 0.4) is 0 Å². The van der Waals surface area contributed by atoms with Crippen LogP contribution >= 0.6 is 11.8 Å². The quantitative estimate of drug-likeness (QED) is 0.501. The fraction of sp³-hybridized carbons (Fsp3) is 0.375. The van der Waals surface area contributed by atoms with E-state index in [-0.39, 0.29) is 17.5 Å². The number of hydrogen-bond acceptors (Lipinski definition) is 6. The Kier molecular flexibility index (Phi) is 7.55. The zero-order chi connectivity index (χ0) is 22.3. The van der Waals surface area contributed by atoms with Gasteiger partial charge in [0.1, 0.15) is 5.82 Å². The van der Waals surface area contributed by atoms with Gasteiger partial charge in [-0.25, -0.2) is 4.39 Å². The fourth-order valence-corrected chi connectivity index (χ4v) is 4.32. The van der Waals surface area contributed by atoms with Gasteiger partial charge in [-0.15, -0.1) is 11.8 Å². The van der Waals surface area contributed by atoms with Crippen LogP contribution in [-0.2, 0) is 6.54 Å². The van der Waals surface area contributed by atoms with Crippen LogP contribution < -0.4 is 5.32 Å². The molecule has 0 aliphatic carbocycles. The molecule has 6 nitrogen and oxygen atoms in total. The number of aromatic nitrogens is 2. The van der Waals surface area contributed by atoms with Gasteiger partial charge in [0, 0.05) is 23.5 Å². The number of piperidine rings is 1. The predicted octanol–water partition coefficient (Wildman–Crippen LogP) is 4.63. The van der Waals surface area contributed by atoms with E-state index in [0.717, 1.165) is 54.9 Å². The van der Waals surface area contributed by atoms with Crippen molar-refractivity contribution in [2.45, 2.75) is 30.7 Å². The van der Waals surface area contributed by atoms with E-state index in [9.17, 15) is 9.18 Å². The zero-order valence-corrected chi connectivity index (χ0v) is 18.9. The van der Waals surface area contributed by atoms with Crippen LogP contribution in [-0.4, -0.2) is 46.8 Å². The molecule has 0 unspecified atom stereocenters. The van der Waals surface area contributed by atoms with Gasteiger partial charge in [0.2, 0.25) is 0 Å². The van der Waals surface area contributed by atoms with Gasteiger partial charge < -0.3 is 9.84 Å². The average Bonchev–Trinajstić information content (AvgIpc) is 3.32. The molecule has 2 aromatic carbocycles. The van der Waals surface area contributed by atoms with Crippen LogP contribution in [0.1, 0.15) is 35.4 Å². The van der Waals surface area contributed by atoms with Gasteiger partial charge in [-0.1, -0.05) is 17.3 Å². The van der Waals surface area contributed by atoms with Crippen molar-refractivity contribution in [3.63, 3.8) is 0 Å². The molecule has 1 N–H and O–H groups in total. The Bertz CT molecular complexity index is 1020. The van der Waals surface area contributed by atoms with Gasteiger partial charge in [0.05, 0.1) is 0 Å². The largest absolute Gasteiger partial charge is 0.349 e. The van der Waals surface area contributed by atoms with Crippen molar-refractivity contribution in [1.82, 2.24) is 20.4 Å². The highest BCUT2D eigenvalue weighted by Crippen LogP contribution is 2.23. The Morgan fingerprint density at radius 2 is 1.88 bits per heavy atom. The average molecular weight is 455 g/mol. The molecule has 3 aromatic rings. The summed E-state index contributed by atoms with van der Waals surface area (Å²) in [6, 6.07) is 14.5. The highest BCUT2D eigenvalue weighted by Gasteiger charge is 2.20. The van der Waals surface area contributed by atoms with Gasteiger partial charge >= 0.3 is 0 Å². The number of nitrogens with zero attached hydrogens (tertiary/aromatic N) is 3. The van der Waals surface area contributed by atoms with Crippen molar-refractivity contribution >= 4 is 17.7 Å². The molecule has 4 rings (SSSR count). The van der Waals surface area contributed by atoms with Crippen LogP contribution in [0.4, 0.5) is 4.39 Å². The summed E-state index contributed by atoms with van der Waals surface area (Å²) in [5.41, 5.74) is 1.93. The van der Waals surface area contributed by atoms with E-state index in [0.29, 0.717) is 18.4 Å². The van der Waals surface area contributed by atoms with Crippen LogP contribution in [0.5, 0.6) is 0 Å². The minimum Gasteiger partial charge on any atom is -0.349 e. The summed E-state index contributed by atoms with van der Waals surface area (Å²) in [6.07, 6.45) is 5.13. The minimum absolute atomic E-state index is 0.0584. The highest BCUT2D eigenvalue weighted by atomic mass is 32.2. The molecule has 1 fully saturated rings. The maximum atomic E-state index is 13.0. The zero-order valence-electron chi connectivity index (χ0n) is 18.1. The first-order chi connectivity index (χ1) is 15.6. The Hall–Kier alpha value is -2.71. The molecule has 1 aliphatic rings. The van der Waals surface area contributed by atoms with Crippen LogP contribution in [0.25, 0.3) is 11.5 Å². The first-order valence-corrected chi connectivity index (χ1v) is 12.1. The third kappa shape index (κ3) is 5.95. The molecule has 0 radical (unpaired) electrons. The second kappa shape index (κ2) is 10.7. The Morgan fingerprint density at radius 1 is 1.16 bits per heavy atom. The van der Waals surface area contributed by atoms with Crippen LogP contribution in [0.2, 0.25) is 0 Å². The van der Waals surface area contributed by atoms with Crippen molar-refractivity contribution in [2.75, 3.05) is 25.9 Å². The number of halogens is 1. The van der Waals surface area contributed by atoms with Crippen molar-refractivity contribution in [3.05, 3.63) is 65.7 Å². The molecule has 8 heteroatoms. The lowest BCUT2D eigenvalue weighted by molar-refractivity contribution is 0.0934. The SMILES string of the molecule is CSc1ccc(-c2nc(C(=O)NCCC3CCN(Cc4ccc(F)cc4)CC3)no2)cc1. The third-order valence-corrected chi connectivity index (χ3v) is 6.57. The van der Waals surface area contributed by atoms with Gasteiger partial charge in [-0.2, -0.15) is 4.98 Å². The molecule has 1 saturated heterocycles. The summed E-state index contributed by atoms with van der Waals surface area (Å²) in [5.74, 6) is 0.473. The smallest absolute Gasteiger partial charge is 0.292 e. The number of rotatable bonds is 8. The van der Waals surface area contributed by atoms with E-state index in [1.807, 2.05) is 42.7 Å². The van der Waals surface area contributed by atoms with E-state index >= 15 is 0 Å². The summed E-state index contributed by atoms with van der Waals surface area (Å²) in [5, 5.41) is 6.73. The molecule has 2 heterocycles. The van der Waals surface area contributed by atoms with E-state index in [1.54, 1.807) is 11.8 Å². The number of hydrogen-bond donors (Lipinski definition) is 1. The standard InChI is InChI=1S/C24H27FN4O2S/c1-32-21-8-4-19(5-9-21)24-27-22(28-31-24)23(30)26-13-10-17-11-14-29(15-12-17)16-18-2-6-20(25)7-3-18/h2-9,17H,10-16H2,1H3,(H,26,30). The normalized spacial score (nSPS) is 15.1. The number of nitrogens with one attached hydrogen (secondary N) is 1. The Labute approximate surface area is 191 Å². The van der Waals surface area contributed by atoms with Crippen molar-refractivity contribution < 1.29 is 13.7 Å². The van der Waals surface area contributed by atoms with Crippen molar-refractivity contribution in [1.29, 1.82) is 0 Å². The summed E-state index contributed by atoms with van der Waals surface area (Å²) in [4.78, 5) is 20.1. The maximum absolute atomic E-state index is 13.0. The van der Waals surface area contributed by atoms with Gasteiger partial charge in [0.15, 0.2) is 0 Å². The monoisotopic (exact) mass is 454 g/mol. The second-order valence-electron chi connectivity index (χ2n) is 8.04. The Morgan fingerprint density at radius 3 is 2.56 bits per heavy atom. The van der Waals surface area contributed by atoms with E-state index in [2.05, 4.69) is 20.4 Å². The van der Waals surface area contributed by atoms with E-state index < -0.39 is 0 Å². The minimum atomic E-state index is -0.311. The summed E-state index contributed by atoms with van der Waals surface area (Å²) in [6.45, 7) is 3.47. The molecule has 1 aromatic heterocycles. The highest BCUT2D eigenvalue weighted by molar-refractivity contribution is 7.98. The second-order valence-corrected chi connectivity index (χ2v) is 8.92. The fourth-order valence-electron chi connectivity index (χ4n) is 3.92. The molecule has 0 spiro atoms. The lowest BCUT2D eigenvalue weighted by atomic mass is 9.93. The summed E-state index contributed by atoms with van der Waals surface area (Å²) in [7, 11) is 0. The van der Waals surface area contributed by atoms with Crippen LogP contribution in [0, 0.1) is 11.7 Å². The van der Waals surface area contributed by atoms with Gasteiger partial charge in [-0.05, 0) is 86.5 Å². The molecule has 1 amide bonds. The van der Waals surface area contributed by atoms with E-state index in [1.165, 1.54) is 12.1 Å². The summed E-state index contributed by atoms with van der Waals surface area (Å²) < 4.78 is 18.3. The first kappa shape index (κ1) is 22.5. The van der Waals surface area contributed by atoms with Gasteiger partial charge in [-0.3, -0.25) is 9.69 Å². The molecule has 0 atom stereocenters. The first-order valence-electron chi connectivity index (χ1n) is 10.8. The number of likely N-dealkylation sites (tertiary alicyclic amines) is 1. The molecule has 168 valence electrons. The van der Waals surface area contributed by atoms with Gasteiger partial charge in [0.25, 0.3) is 17.6 Å². The Balaban J connectivity index is 1.18. The molecular formula is C24H27FN4O2S. The maximum Gasteiger partial charge on any atom is 0.292 e. The predicted molar refractivity (Wildman–Crippen MR) is 123 cm³/mol. The van der Waals surface area contributed by atoms with Crippen LogP contribution in [0.15, 0.2) is 57.9 Å². The molecular weight excluding hydrogens is 427 g/mol. The number of carbonyl (C=O) groups is 1. The third-order valence-electron chi connectivity index (χ3n) is 5.83. The van der Waals surface area contributed by atoms with E-state index in [4.69, 9.17) is 4.52 Å². The number of benzene rings is 2.